The van der Waals surface area contributed by atoms with E-state index in [0.717, 1.165) is 13.0 Å². The SMILES string of the molecule is C=C(C(=O)O)C(CCC)OCC1CO1. The van der Waals surface area contributed by atoms with Crippen molar-refractivity contribution in [3.63, 3.8) is 0 Å². The van der Waals surface area contributed by atoms with Crippen molar-refractivity contribution < 1.29 is 19.4 Å². The van der Waals surface area contributed by atoms with Gasteiger partial charge in [0.25, 0.3) is 0 Å². The number of carbonyl (C=O) groups is 1. The second-order valence-corrected chi connectivity index (χ2v) is 3.40. The fourth-order valence-electron chi connectivity index (χ4n) is 1.15. The average Bonchev–Trinajstić information content (AvgIpc) is 2.94. The zero-order chi connectivity index (χ0) is 10.6. The number of hydrogen-bond acceptors (Lipinski definition) is 3. The van der Waals surface area contributed by atoms with E-state index in [1.54, 1.807) is 0 Å². The second kappa shape index (κ2) is 5.12. The number of carboxylic acids is 1. The smallest absolute Gasteiger partial charge is 0.333 e. The number of epoxide rings is 1. The summed E-state index contributed by atoms with van der Waals surface area (Å²) in [6.45, 7) is 6.68. The van der Waals surface area contributed by atoms with Crippen molar-refractivity contribution in [1.29, 1.82) is 0 Å². The summed E-state index contributed by atoms with van der Waals surface area (Å²) < 4.78 is 10.4. The Morgan fingerprint density at radius 3 is 2.86 bits per heavy atom. The summed E-state index contributed by atoms with van der Waals surface area (Å²) in [6.07, 6.45) is 1.36. The first-order chi connectivity index (χ1) is 6.65. The Morgan fingerprint density at radius 2 is 2.43 bits per heavy atom. The molecule has 0 amide bonds. The van der Waals surface area contributed by atoms with Gasteiger partial charge in [-0.15, -0.1) is 0 Å². The molecule has 1 fully saturated rings. The van der Waals surface area contributed by atoms with Gasteiger partial charge in [-0.25, -0.2) is 4.79 Å². The molecule has 1 aliphatic rings. The van der Waals surface area contributed by atoms with E-state index >= 15 is 0 Å². The normalized spacial score (nSPS) is 21.6. The van der Waals surface area contributed by atoms with Gasteiger partial charge in [-0.1, -0.05) is 19.9 Å². The summed E-state index contributed by atoms with van der Waals surface area (Å²) in [5.41, 5.74) is 0.132. The molecule has 1 heterocycles. The summed E-state index contributed by atoms with van der Waals surface area (Å²) in [5, 5.41) is 8.75. The van der Waals surface area contributed by atoms with Gasteiger partial charge in [0, 0.05) is 0 Å². The highest BCUT2D eigenvalue weighted by Crippen LogP contribution is 2.16. The van der Waals surface area contributed by atoms with Crippen molar-refractivity contribution in [2.75, 3.05) is 13.2 Å². The van der Waals surface area contributed by atoms with Crippen LogP contribution in [0.25, 0.3) is 0 Å². The minimum absolute atomic E-state index is 0.132. The molecule has 0 bridgehead atoms. The summed E-state index contributed by atoms with van der Waals surface area (Å²) >= 11 is 0. The van der Waals surface area contributed by atoms with Crippen LogP contribution in [-0.4, -0.2) is 36.5 Å². The quantitative estimate of drug-likeness (QED) is 0.495. The Balaban J connectivity index is 2.35. The molecular weight excluding hydrogens is 184 g/mol. The lowest BCUT2D eigenvalue weighted by molar-refractivity contribution is -0.134. The van der Waals surface area contributed by atoms with E-state index in [4.69, 9.17) is 14.6 Å². The lowest BCUT2D eigenvalue weighted by Crippen LogP contribution is -2.22. The van der Waals surface area contributed by atoms with E-state index in [1.165, 1.54) is 0 Å². The van der Waals surface area contributed by atoms with Crippen molar-refractivity contribution in [1.82, 2.24) is 0 Å². The van der Waals surface area contributed by atoms with Crippen LogP contribution >= 0.6 is 0 Å². The van der Waals surface area contributed by atoms with Gasteiger partial charge in [-0.05, 0) is 6.42 Å². The molecule has 0 aromatic rings. The number of aliphatic carboxylic acids is 1. The molecule has 0 spiro atoms. The van der Waals surface area contributed by atoms with Crippen LogP contribution in [0.2, 0.25) is 0 Å². The minimum Gasteiger partial charge on any atom is -0.478 e. The van der Waals surface area contributed by atoms with E-state index in [2.05, 4.69) is 6.58 Å². The van der Waals surface area contributed by atoms with Gasteiger partial charge in [0.2, 0.25) is 0 Å². The highest BCUT2D eigenvalue weighted by atomic mass is 16.6. The first-order valence-electron chi connectivity index (χ1n) is 4.80. The largest absolute Gasteiger partial charge is 0.478 e. The lowest BCUT2D eigenvalue weighted by Gasteiger charge is -2.16. The van der Waals surface area contributed by atoms with Gasteiger partial charge in [0.1, 0.15) is 6.10 Å². The number of hydrogen-bond donors (Lipinski definition) is 1. The Labute approximate surface area is 83.5 Å². The molecule has 2 unspecified atom stereocenters. The molecule has 0 radical (unpaired) electrons. The highest BCUT2D eigenvalue weighted by Gasteiger charge is 2.26. The molecule has 4 nitrogen and oxygen atoms in total. The van der Waals surface area contributed by atoms with Crippen LogP contribution in [0.3, 0.4) is 0 Å². The molecule has 0 aromatic carbocycles. The van der Waals surface area contributed by atoms with Crippen molar-refractivity contribution >= 4 is 5.97 Å². The van der Waals surface area contributed by atoms with E-state index in [1.807, 2.05) is 6.92 Å². The Kier molecular flexibility index (Phi) is 4.10. The molecule has 0 saturated carbocycles. The molecule has 2 atom stereocenters. The number of ether oxygens (including phenoxy) is 2. The number of carboxylic acid groups (broad SMARTS) is 1. The van der Waals surface area contributed by atoms with Gasteiger partial charge in [0.05, 0.1) is 24.9 Å². The van der Waals surface area contributed by atoms with Gasteiger partial charge in [0.15, 0.2) is 0 Å². The van der Waals surface area contributed by atoms with E-state index < -0.39 is 5.97 Å². The Morgan fingerprint density at radius 1 is 1.79 bits per heavy atom. The van der Waals surface area contributed by atoms with Gasteiger partial charge < -0.3 is 14.6 Å². The minimum atomic E-state index is -0.986. The molecule has 0 aliphatic carbocycles. The van der Waals surface area contributed by atoms with Crippen LogP contribution in [0.15, 0.2) is 12.2 Å². The fraction of sp³-hybridized carbons (Fsp3) is 0.700. The van der Waals surface area contributed by atoms with Gasteiger partial charge in [-0.2, -0.15) is 0 Å². The molecular formula is C10H16O4. The van der Waals surface area contributed by atoms with Crippen LogP contribution in [0.1, 0.15) is 19.8 Å². The van der Waals surface area contributed by atoms with Crippen molar-refractivity contribution in [3.8, 4) is 0 Å². The monoisotopic (exact) mass is 200 g/mol. The van der Waals surface area contributed by atoms with Crippen molar-refractivity contribution in [2.24, 2.45) is 0 Å². The summed E-state index contributed by atoms with van der Waals surface area (Å²) in [5.74, 6) is -0.986. The molecule has 14 heavy (non-hydrogen) atoms. The average molecular weight is 200 g/mol. The van der Waals surface area contributed by atoms with Crippen LogP contribution in [0.4, 0.5) is 0 Å². The predicted molar refractivity (Wildman–Crippen MR) is 51.2 cm³/mol. The molecule has 1 aliphatic heterocycles. The third-order valence-electron chi connectivity index (χ3n) is 2.10. The van der Waals surface area contributed by atoms with E-state index in [9.17, 15) is 4.79 Å². The maximum Gasteiger partial charge on any atom is 0.333 e. The van der Waals surface area contributed by atoms with Crippen LogP contribution in [0, 0.1) is 0 Å². The first-order valence-corrected chi connectivity index (χ1v) is 4.80. The van der Waals surface area contributed by atoms with Crippen molar-refractivity contribution in [3.05, 3.63) is 12.2 Å². The Hall–Kier alpha value is -0.870. The van der Waals surface area contributed by atoms with Gasteiger partial charge in [-0.3, -0.25) is 0 Å². The molecule has 80 valence electrons. The van der Waals surface area contributed by atoms with Crippen LogP contribution in [-0.2, 0) is 14.3 Å². The molecule has 1 saturated heterocycles. The molecule has 1 rings (SSSR count). The Bertz CT molecular complexity index is 220. The van der Waals surface area contributed by atoms with E-state index in [0.29, 0.717) is 13.0 Å². The van der Waals surface area contributed by atoms with Crippen molar-refractivity contribution in [2.45, 2.75) is 32.0 Å². The third-order valence-corrected chi connectivity index (χ3v) is 2.10. The van der Waals surface area contributed by atoms with E-state index in [-0.39, 0.29) is 17.8 Å². The topological polar surface area (TPSA) is 59.1 Å². The van der Waals surface area contributed by atoms with Crippen LogP contribution in [0.5, 0.6) is 0 Å². The van der Waals surface area contributed by atoms with Crippen LogP contribution < -0.4 is 0 Å². The second-order valence-electron chi connectivity index (χ2n) is 3.40. The maximum absolute atomic E-state index is 10.7. The zero-order valence-corrected chi connectivity index (χ0v) is 8.36. The summed E-state index contributed by atoms with van der Waals surface area (Å²) in [4.78, 5) is 10.7. The van der Waals surface area contributed by atoms with Gasteiger partial charge >= 0.3 is 5.97 Å². The molecule has 4 heteroatoms. The fourth-order valence-corrected chi connectivity index (χ4v) is 1.15. The first kappa shape index (κ1) is 11.2. The number of rotatable bonds is 7. The maximum atomic E-state index is 10.7. The summed E-state index contributed by atoms with van der Waals surface area (Å²) in [7, 11) is 0. The zero-order valence-electron chi connectivity index (χ0n) is 8.36. The molecule has 0 aromatic heterocycles. The predicted octanol–water partition coefficient (Wildman–Crippen LogP) is 1.21. The standard InChI is InChI=1S/C10H16O4/c1-3-4-9(7(2)10(11)12)14-6-8-5-13-8/h8-9H,2-6H2,1H3,(H,11,12). The third kappa shape index (κ3) is 3.47. The lowest BCUT2D eigenvalue weighted by atomic mass is 10.1. The summed E-state index contributed by atoms with van der Waals surface area (Å²) in [6, 6.07) is 0. The highest BCUT2D eigenvalue weighted by molar-refractivity contribution is 5.86. The molecule has 1 N–H and O–H groups in total.